The van der Waals surface area contributed by atoms with E-state index in [0.717, 1.165) is 98.5 Å². The van der Waals surface area contributed by atoms with Crippen molar-refractivity contribution >= 4 is 104 Å². The zero-order valence-electron chi connectivity index (χ0n) is 30.2. The molecule has 16 rings (SSSR count). The molecule has 0 spiro atoms. The summed E-state index contributed by atoms with van der Waals surface area (Å²) in [6, 6.07) is 55.2. The number of nitriles is 1. The van der Waals surface area contributed by atoms with Crippen LogP contribution in [0.5, 0.6) is 0 Å². The Morgan fingerprint density at radius 2 is 1.02 bits per heavy atom. The molecule has 260 valence electrons. The summed E-state index contributed by atoms with van der Waals surface area (Å²) in [5, 5.41) is 24.7. The summed E-state index contributed by atoms with van der Waals surface area (Å²) in [5.41, 5.74) is 15.1. The molecule has 0 aliphatic heterocycles. The average molecular weight is 723 g/mol. The van der Waals surface area contributed by atoms with Crippen LogP contribution in [0.25, 0.3) is 104 Å². The zero-order valence-corrected chi connectivity index (χ0v) is 30.2. The predicted octanol–water partition coefficient (Wildman–Crippen LogP) is 13.8. The third-order valence-corrected chi connectivity index (χ3v) is 13.6. The zero-order chi connectivity index (χ0) is 36.8. The van der Waals surface area contributed by atoms with E-state index in [9.17, 15) is 5.26 Å². The molecule has 0 unspecified atom stereocenters. The van der Waals surface area contributed by atoms with E-state index in [0.29, 0.717) is 0 Å². The SMILES string of the molecule is N#Cc1cc2c(c3c1C1c4ccccc4C3c3ccccc31)c1cc3c4cc5ccccc5cc4oc3c3c4c5oc6ccccc6c5c5ccccc5c4n2c13. The molecule has 0 fully saturated rings. The number of benzene rings is 9. The smallest absolute Gasteiger partial charge is 0.146 e. The van der Waals surface area contributed by atoms with Crippen LogP contribution in [0.1, 0.15) is 50.8 Å². The van der Waals surface area contributed by atoms with Crippen molar-refractivity contribution in [1.29, 1.82) is 5.26 Å². The number of nitrogens with zero attached hydrogens (tertiary/aromatic N) is 2. The van der Waals surface area contributed by atoms with Crippen LogP contribution in [-0.4, -0.2) is 4.40 Å². The van der Waals surface area contributed by atoms with Crippen LogP contribution >= 0.6 is 0 Å². The molecule has 3 aliphatic rings. The standard InChI is InChI=1S/C53H26N2O2/c54-25-28-22-39-46(47-42(28)43-29-13-3-5-15-31(29)44(47)32-16-6-4-14-30(32)43)38-24-37-36-21-26-11-1-2-12-27(26)23-41(36)57-52(37)48-49-50(55(39)51(38)48)34-18-8-7-17-33(34)45-35-19-9-10-20-40(35)56-53(45)49/h1-24,43-44H. The van der Waals surface area contributed by atoms with Gasteiger partial charge in [-0.3, -0.25) is 0 Å². The first-order chi connectivity index (χ1) is 28.3. The Bertz CT molecular complexity index is 4030. The van der Waals surface area contributed by atoms with Gasteiger partial charge in [-0.25, -0.2) is 0 Å². The summed E-state index contributed by atoms with van der Waals surface area (Å²) in [6.07, 6.45) is 0. The summed E-state index contributed by atoms with van der Waals surface area (Å²) in [7, 11) is 0. The number of rotatable bonds is 0. The summed E-state index contributed by atoms with van der Waals surface area (Å²) < 4.78 is 16.5. The van der Waals surface area contributed by atoms with Gasteiger partial charge in [0, 0.05) is 49.5 Å². The Hall–Kier alpha value is -7.61. The fourth-order valence-corrected chi connectivity index (χ4v) is 11.6. The van der Waals surface area contributed by atoms with Gasteiger partial charge >= 0.3 is 0 Å². The van der Waals surface area contributed by atoms with Gasteiger partial charge in [0.25, 0.3) is 0 Å². The molecule has 4 heteroatoms. The molecule has 9 aromatic carbocycles. The van der Waals surface area contributed by atoms with E-state index in [4.69, 9.17) is 8.83 Å². The third kappa shape index (κ3) is 3.17. The van der Waals surface area contributed by atoms with Crippen molar-refractivity contribution in [3.05, 3.63) is 185 Å². The van der Waals surface area contributed by atoms with Gasteiger partial charge in [-0.2, -0.15) is 5.26 Å². The molecule has 0 atom stereocenters. The Morgan fingerprint density at radius 1 is 0.439 bits per heavy atom. The molecule has 0 radical (unpaired) electrons. The lowest BCUT2D eigenvalue weighted by Gasteiger charge is -2.43. The number of hydrogen-bond acceptors (Lipinski definition) is 3. The molecule has 13 aromatic rings. The minimum atomic E-state index is -0.0228. The molecule has 4 nitrogen and oxygen atoms in total. The Balaban J connectivity index is 1.26. The highest BCUT2D eigenvalue weighted by Gasteiger charge is 2.44. The predicted molar refractivity (Wildman–Crippen MR) is 230 cm³/mol. The van der Waals surface area contributed by atoms with Crippen molar-refractivity contribution in [2.75, 3.05) is 0 Å². The molecule has 4 heterocycles. The van der Waals surface area contributed by atoms with Gasteiger partial charge in [0.1, 0.15) is 22.3 Å². The van der Waals surface area contributed by atoms with Crippen LogP contribution in [0.2, 0.25) is 0 Å². The average Bonchev–Trinajstić information content (AvgIpc) is 4.01. The molecule has 57 heavy (non-hydrogen) atoms. The summed E-state index contributed by atoms with van der Waals surface area (Å²) >= 11 is 0. The maximum absolute atomic E-state index is 11.2. The Kier molecular flexibility index (Phi) is 4.85. The summed E-state index contributed by atoms with van der Waals surface area (Å²) in [4.78, 5) is 0. The van der Waals surface area contributed by atoms with Crippen LogP contribution in [0.4, 0.5) is 0 Å². The van der Waals surface area contributed by atoms with Crippen molar-refractivity contribution < 1.29 is 8.83 Å². The number of furan rings is 2. The van der Waals surface area contributed by atoms with Gasteiger partial charge in [0.2, 0.25) is 0 Å². The molecule has 4 aromatic heterocycles. The number of fused-ring (bicyclic) bond motifs is 18. The highest BCUT2D eigenvalue weighted by Crippen LogP contribution is 2.60. The van der Waals surface area contributed by atoms with E-state index in [1.165, 1.54) is 44.0 Å². The number of para-hydroxylation sites is 1. The van der Waals surface area contributed by atoms with Gasteiger partial charge in [0.05, 0.1) is 39.0 Å². The minimum Gasteiger partial charge on any atom is -0.455 e. The molecule has 2 bridgehead atoms. The largest absolute Gasteiger partial charge is 0.455 e. The second-order valence-corrected chi connectivity index (χ2v) is 16.1. The van der Waals surface area contributed by atoms with Gasteiger partial charge in [-0.1, -0.05) is 115 Å². The first kappa shape index (κ1) is 28.8. The highest BCUT2D eigenvalue weighted by atomic mass is 16.3. The first-order valence-electron chi connectivity index (χ1n) is 19.6. The summed E-state index contributed by atoms with van der Waals surface area (Å²) in [5.74, 6) is -0.0321. The number of aromatic nitrogens is 1. The van der Waals surface area contributed by atoms with Gasteiger partial charge < -0.3 is 13.2 Å². The van der Waals surface area contributed by atoms with E-state index in [1.807, 2.05) is 6.07 Å². The van der Waals surface area contributed by atoms with Crippen molar-refractivity contribution in [2.45, 2.75) is 11.8 Å². The fourth-order valence-electron chi connectivity index (χ4n) is 11.6. The van der Waals surface area contributed by atoms with Crippen molar-refractivity contribution in [1.82, 2.24) is 4.40 Å². The highest BCUT2D eigenvalue weighted by molar-refractivity contribution is 6.42. The molecule has 0 N–H and O–H groups in total. The van der Waals surface area contributed by atoms with Crippen LogP contribution in [0, 0.1) is 11.3 Å². The van der Waals surface area contributed by atoms with E-state index >= 15 is 0 Å². The quantitative estimate of drug-likeness (QED) is 0.157. The van der Waals surface area contributed by atoms with E-state index in [2.05, 4.69) is 150 Å². The Labute approximate surface area is 323 Å². The second kappa shape index (κ2) is 9.60. The first-order valence-corrected chi connectivity index (χ1v) is 19.6. The van der Waals surface area contributed by atoms with Crippen LogP contribution in [-0.2, 0) is 0 Å². The van der Waals surface area contributed by atoms with Gasteiger partial charge in [-0.05, 0) is 79.9 Å². The van der Waals surface area contributed by atoms with Gasteiger partial charge in [0.15, 0.2) is 0 Å². The van der Waals surface area contributed by atoms with Crippen molar-refractivity contribution in [3.63, 3.8) is 0 Å². The maximum Gasteiger partial charge on any atom is 0.146 e. The van der Waals surface area contributed by atoms with E-state index in [-0.39, 0.29) is 11.8 Å². The van der Waals surface area contributed by atoms with Crippen LogP contribution < -0.4 is 0 Å². The monoisotopic (exact) mass is 722 g/mol. The fraction of sp³-hybridized carbons (Fsp3) is 0.0377. The van der Waals surface area contributed by atoms with Crippen molar-refractivity contribution in [3.8, 4) is 6.07 Å². The van der Waals surface area contributed by atoms with Crippen LogP contribution in [0.15, 0.2) is 154 Å². The van der Waals surface area contributed by atoms with Gasteiger partial charge in [-0.15, -0.1) is 0 Å². The lowest BCUT2D eigenvalue weighted by Crippen LogP contribution is -2.28. The van der Waals surface area contributed by atoms with Crippen LogP contribution in [0.3, 0.4) is 0 Å². The lowest BCUT2D eigenvalue weighted by atomic mass is 9.59. The second-order valence-electron chi connectivity index (χ2n) is 16.1. The molecule has 0 saturated carbocycles. The number of hydrogen-bond donors (Lipinski definition) is 0. The van der Waals surface area contributed by atoms with Crippen molar-refractivity contribution in [2.24, 2.45) is 0 Å². The minimum absolute atomic E-state index is 0.00933. The topological polar surface area (TPSA) is 54.5 Å². The third-order valence-electron chi connectivity index (χ3n) is 13.6. The van der Waals surface area contributed by atoms with E-state index in [1.54, 1.807) is 0 Å². The van der Waals surface area contributed by atoms with E-state index < -0.39 is 0 Å². The molecular weight excluding hydrogens is 697 g/mol. The molecule has 3 aliphatic carbocycles. The maximum atomic E-state index is 11.2. The lowest BCUT2D eigenvalue weighted by molar-refractivity contribution is 0.670. The molecule has 0 saturated heterocycles. The molecular formula is C53H26N2O2. The normalized spacial score (nSPS) is 16.1. The summed E-state index contributed by atoms with van der Waals surface area (Å²) in [6.45, 7) is 0. The molecule has 0 amide bonds. The Morgan fingerprint density at radius 3 is 1.75 bits per heavy atom.